The monoisotopic (exact) mass is 207 g/mol. The van der Waals surface area contributed by atoms with E-state index in [2.05, 4.69) is 4.98 Å². The smallest absolute Gasteiger partial charge is 0.129 e. The van der Waals surface area contributed by atoms with Crippen LogP contribution in [0.15, 0.2) is 18.3 Å². The molecule has 2 nitrogen and oxygen atoms in total. The molecule has 3 heterocycles. The quantitative estimate of drug-likeness (QED) is 0.705. The number of fused-ring (bicyclic) bond motifs is 2. The van der Waals surface area contributed by atoms with E-state index in [1.807, 2.05) is 25.3 Å². The van der Waals surface area contributed by atoms with Crippen LogP contribution in [0.2, 0.25) is 0 Å². The van der Waals surface area contributed by atoms with Gasteiger partial charge in [-0.3, -0.25) is 4.98 Å². The summed E-state index contributed by atoms with van der Waals surface area (Å²) >= 11 is 0. The van der Waals surface area contributed by atoms with Gasteiger partial charge in [-0.25, -0.2) is 4.39 Å². The molecular formula is C12H14FNO. The minimum absolute atomic E-state index is 0.135. The van der Waals surface area contributed by atoms with Gasteiger partial charge in [-0.05, 0) is 25.0 Å². The van der Waals surface area contributed by atoms with E-state index < -0.39 is 6.17 Å². The van der Waals surface area contributed by atoms with Crippen molar-refractivity contribution in [3.63, 3.8) is 0 Å². The molecule has 4 unspecified atom stereocenters. The van der Waals surface area contributed by atoms with Crippen molar-refractivity contribution in [1.82, 2.24) is 4.98 Å². The highest BCUT2D eigenvalue weighted by Gasteiger charge is 2.48. The Morgan fingerprint density at radius 2 is 2.27 bits per heavy atom. The predicted octanol–water partition coefficient (Wildman–Crippen LogP) is 2.37. The van der Waals surface area contributed by atoms with Crippen LogP contribution >= 0.6 is 0 Å². The number of ether oxygens (including phenoxy) is 1. The molecule has 2 bridgehead atoms. The van der Waals surface area contributed by atoms with Gasteiger partial charge in [0.1, 0.15) is 6.17 Å². The Hall–Kier alpha value is -0.960. The van der Waals surface area contributed by atoms with Gasteiger partial charge in [-0.15, -0.1) is 0 Å². The molecule has 3 heteroatoms. The number of halogens is 1. The first-order valence-electron chi connectivity index (χ1n) is 5.46. The van der Waals surface area contributed by atoms with E-state index in [0.717, 1.165) is 17.7 Å². The van der Waals surface area contributed by atoms with E-state index in [9.17, 15) is 4.39 Å². The maximum absolute atomic E-state index is 13.5. The fourth-order valence-corrected chi connectivity index (χ4v) is 2.69. The average Bonchev–Trinajstić information content (AvgIpc) is 2.77. The van der Waals surface area contributed by atoms with Crippen LogP contribution in [0, 0.1) is 6.92 Å². The standard InChI is InChI=1S/C12H14FNO/c1-7-2-3-8(6-14-7)10-4-9-5-11(13)12(10)15-9/h2-3,6,9-12H,4-5H2,1H3. The molecule has 0 amide bonds. The van der Waals surface area contributed by atoms with Gasteiger partial charge in [-0.1, -0.05) is 6.07 Å². The molecule has 4 atom stereocenters. The van der Waals surface area contributed by atoms with Gasteiger partial charge in [0.2, 0.25) is 0 Å². The molecule has 2 saturated heterocycles. The Bertz CT molecular complexity index is 364. The largest absolute Gasteiger partial charge is 0.371 e. The third-order valence-electron chi connectivity index (χ3n) is 3.47. The fraction of sp³-hybridized carbons (Fsp3) is 0.583. The number of aryl methyl sites for hydroxylation is 1. The first-order chi connectivity index (χ1) is 7.24. The Balaban J connectivity index is 1.86. The highest BCUT2D eigenvalue weighted by molar-refractivity contribution is 5.23. The number of alkyl halides is 1. The van der Waals surface area contributed by atoms with Crippen molar-refractivity contribution >= 4 is 0 Å². The van der Waals surface area contributed by atoms with Gasteiger partial charge in [0.15, 0.2) is 0 Å². The topological polar surface area (TPSA) is 22.1 Å². The second-order valence-electron chi connectivity index (χ2n) is 4.55. The molecule has 0 aliphatic carbocycles. The second-order valence-corrected chi connectivity index (χ2v) is 4.55. The third-order valence-corrected chi connectivity index (χ3v) is 3.47. The van der Waals surface area contributed by atoms with Crippen LogP contribution in [0.3, 0.4) is 0 Å². The molecule has 15 heavy (non-hydrogen) atoms. The molecule has 1 aromatic rings. The van der Waals surface area contributed by atoms with Crippen LogP contribution in [0.1, 0.15) is 30.0 Å². The van der Waals surface area contributed by atoms with Crippen molar-refractivity contribution in [2.75, 3.05) is 0 Å². The minimum atomic E-state index is -0.782. The number of pyridine rings is 1. The van der Waals surface area contributed by atoms with E-state index in [1.54, 1.807) is 0 Å². The zero-order valence-corrected chi connectivity index (χ0v) is 8.69. The van der Waals surface area contributed by atoms with Crippen LogP contribution in [0.4, 0.5) is 4.39 Å². The number of hydrogen-bond acceptors (Lipinski definition) is 2. The van der Waals surface area contributed by atoms with E-state index in [0.29, 0.717) is 6.42 Å². The van der Waals surface area contributed by atoms with Crippen LogP contribution < -0.4 is 0 Å². The number of nitrogens with zero attached hydrogens (tertiary/aromatic N) is 1. The summed E-state index contributed by atoms with van der Waals surface area (Å²) in [5, 5.41) is 0. The Morgan fingerprint density at radius 3 is 2.87 bits per heavy atom. The van der Waals surface area contributed by atoms with Crippen LogP contribution in [-0.4, -0.2) is 23.4 Å². The highest BCUT2D eigenvalue weighted by atomic mass is 19.1. The summed E-state index contributed by atoms with van der Waals surface area (Å²) in [6.07, 6.45) is 2.53. The normalized spacial score (nSPS) is 38.5. The third kappa shape index (κ3) is 1.46. The maximum Gasteiger partial charge on any atom is 0.129 e. The molecule has 0 aromatic carbocycles. The van der Waals surface area contributed by atoms with E-state index in [4.69, 9.17) is 4.74 Å². The lowest BCUT2D eigenvalue weighted by atomic mass is 9.83. The Morgan fingerprint density at radius 1 is 1.40 bits per heavy atom. The van der Waals surface area contributed by atoms with Gasteiger partial charge >= 0.3 is 0 Å². The maximum atomic E-state index is 13.5. The summed E-state index contributed by atoms with van der Waals surface area (Å²) in [5.74, 6) is 0.215. The zero-order chi connectivity index (χ0) is 10.4. The summed E-state index contributed by atoms with van der Waals surface area (Å²) < 4.78 is 19.1. The molecule has 0 N–H and O–H groups in total. The van der Waals surface area contributed by atoms with Crippen LogP contribution in [-0.2, 0) is 4.74 Å². The minimum Gasteiger partial charge on any atom is -0.371 e. The van der Waals surface area contributed by atoms with Gasteiger partial charge in [-0.2, -0.15) is 0 Å². The molecule has 2 aliphatic heterocycles. The van der Waals surface area contributed by atoms with Gasteiger partial charge in [0.05, 0.1) is 12.2 Å². The van der Waals surface area contributed by atoms with E-state index in [1.165, 1.54) is 0 Å². The number of hydrogen-bond donors (Lipinski definition) is 0. The summed E-state index contributed by atoms with van der Waals surface area (Å²) in [5.41, 5.74) is 2.12. The molecule has 3 rings (SSSR count). The average molecular weight is 207 g/mol. The predicted molar refractivity (Wildman–Crippen MR) is 54.5 cm³/mol. The first-order valence-corrected chi connectivity index (χ1v) is 5.46. The van der Waals surface area contributed by atoms with Gasteiger partial charge in [0, 0.05) is 24.2 Å². The lowest BCUT2D eigenvalue weighted by Crippen LogP contribution is -2.25. The van der Waals surface area contributed by atoms with Gasteiger partial charge in [0.25, 0.3) is 0 Å². The second kappa shape index (κ2) is 3.27. The molecule has 0 saturated carbocycles. The lowest BCUT2D eigenvalue weighted by molar-refractivity contribution is 0.0772. The summed E-state index contributed by atoms with van der Waals surface area (Å²) in [4.78, 5) is 4.25. The molecule has 1 aromatic heterocycles. The van der Waals surface area contributed by atoms with Crippen molar-refractivity contribution in [3.05, 3.63) is 29.6 Å². The van der Waals surface area contributed by atoms with Crippen molar-refractivity contribution in [2.24, 2.45) is 0 Å². The SMILES string of the molecule is Cc1ccc(C2CC3CC(F)C2O3)cn1. The molecule has 0 spiro atoms. The molecular weight excluding hydrogens is 193 g/mol. The Kier molecular flexibility index (Phi) is 2.02. The number of rotatable bonds is 1. The van der Waals surface area contributed by atoms with E-state index >= 15 is 0 Å². The lowest BCUT2D eigenvalue weighted by Gasteiger charge is -2.21. The van der Waals surface area contributed by atoms with Crippen molar-refractivity contribution in [3.8, 4) is 0 Å². The summed E-state index contributed by atoms with van der Waals surface area (Å²) in [7, 11) is 0. The Labute approximate surface area is 88.5 Å². The number of aromatic nitrogens is 1. The summed E-state index contributed by atoms with van der Waals surface area (Å²) in [6, 6.07) is 4.03. The van der Waals surface area contributed by atoms with E-state index in [-0.39, 0.29) is 18.1 Å². The van der Waals surface area contributed by atoms with Gasteiger partial charge < -0.3 is 4.74 Å². The zero-order valence-electron chi connectivity index (χ0n) is 8.69. The van der Waals surface area contributed by atoms with Crippen molar-refractivity contribution < 1.29 is 9.13 Å². The summed E-state index contributed by atoms with van der Waals surface area (Å²) in [6.45, 7) is 1.96. The van der Waals surface area contributed by atoms with Crippen molar-refractivity contribution in [1.29, 1.82) is 0 Å². The van der Waals surface area contributed by atoms with Crippen molar-refractivity contribution in [2.45, 2.75) is 44.1 Å². The first kappa shape index (κ1) is 9.28. The fourth-order valence-electron chi connectivity index (χ4n) is 2.69. The molecule has 2 fully saturated rings. The molecule has 2 aliphatic rings. The van der Waals surface area contributed by atoms with Crippen LogP contribution in [0.25, 0.3) is 0 Å². The van der Waals surface area contributed by atoms with Crippen LogP contribution in [0.5, 0.6) is 0 Å². The molecule has 80 valence electrons. The molecule has 0 radical (unpaired) electrons. The highest BCUT2D eigenvalue weighted by Crippen LogP contribution is 2.45.